The number of halogens is 1. The van der Waals surface area contributed by atoms with E-state index in [0.29, 0.717) is 0 Å². The van der Waals surface area contributed by atoms with Crippen LogP contribution in [0.2, 0.25) is 5.15 Å². The Morgan fingerprint density at radius 3 is 2.59 bits per heavy atom. The summed E-state index contributed by atoms with van der Waals surface area (Å²) < 4.78 is 31.0. The largest absolute Gasteiger partial charge is 0.367 e. The Morgan fingerprint density at radius 1 is 1.18 bits per heavy atom. The van der Waals surface area contributed by atoms with Gasteiger partial charge in [-0.2, -0.15) is 0 Å². The van der Waals surface area contributed by atoms with Gasteiger partial charge in [0.1, 0.15) is 16.7 Å². The molecule has 0 bridgehead atoms. The monoisotopic (exact) mass is 340 g/mol. The van der Waals surface area contributed by atoms with Gasteiger partial charge in [0.25, 0.3) is 15.9 Å². The van der Waals surface area contributed by atoms with Crippen molar-refractivity contribution < 1.29 is 17.9 Å². The number of ether oxygens (including phenoxy) is 1. The van der Waals surface area contributed by atoms with Gasteiger partial charge in [0, 0.05) is 6.20 Å². The molecular formula is C14H13ClN2O4S. The van der Waals surface area contributed by atoms with Crippen LogP contribution in [0.15, 0.2) is 53.6 Å². The van der Waals surface area contributed by atoms with E-state index in [9.17, 15) is 13.2 Å². The summed E-state index contributed by atoms with van der Waals surface area (Å²) in [5.41, 5.74) is 0.883. The zero-order valence-corrected chi connectivity index (χ0v) is 13.0. The van der Waals surface area contributed by atoms with E-state index in [2.05, 4.69) is 4.98 Å². The van der Waals surface area contributed by atoms with Crippen molar-refractivity contribution in [3.63, 3.8) is 0 Å². The van der Waals surface area contributed by atoms with Crippen LogP contribution in [0.25, 0.3) is 0 Å². The van der Waals surface area contributed by atoms with Crippen LogP contribution in [0.1, 0.15) is 5.56 Å². The van der Waals surface area contributed by atoms with Gasteiger partial charge in [-0.05, 0) is 17.7 Å². The predicted molar refractivity (Wildman–Crippen MR) is 80.7 cm³/mol. The number of nitrogens with zero attached hydrogens (tertiary/aromatic N) is 1. The van der Waals surface area contributed by atoms with E-state index < -0.39 is 15.9 Å². The predicted octanol–water partition coefficient (Wildman–Crippen LogP) is 1.76. The molecule has 22 heavy (non-hydrogen) atoms. The Bertz CT molecular complexity index is 750. The van der Waals surface area contributed by atoms with Gasteiger partial charge >= 0.3 is 0 Å². The van der Waals surface area contributed by atoms with Crippen molar-refractivity contribution in [2.75, 3.05) is 6.61 Å². The van der Waals surface area contributed by atoms with Crippen LogP contribution in [0, 0.1) is 0 Å². The minimum Gasteiger partial charge on any atom is -0.367 e. The highest BCUT2D eigenvalue weighted by atomic mass is 35.5. The van der Waals surface area contributed by atoms with Crippen molar-refractivity contribution in [3.05, 3.63) is 59.4 Å². The standard InChI is InChI=1S/C14H13ClN2O4S/c15-14-12(7-4-8-16-14)22(19,20)17-13(18)10-21-9-11-5-2-1-3-6-11/h1-8H,9-10H2,(H,17,18). The van der Waals surface area contributed by atoms with Crippen LogP contribution in [-0.4, -0.2) is 25.9 Å². The molecule has 0 aliphatic rings. The van der Waals surface area contributed by atoms with Gasteiger partial charge in [0.2, 0.25) is 0 Å². The second-order valence-corrected chi connectivity index (χ2v) is 6.31. The van der Waals surface area contributed by atoms with E-state index in [4.69, 9.17) is 16.3 Å². The highest BCUT2D eigenvalue weighted by Gasteiger charge is 2.21. The lowest BCUT2D eigenvalue weighted by molar-refractivity contribution is -0.124. The fourth-order valence-electron chi connectivity index (χ4n) is 1.64. The second-order valence-electron chi connectivity index (χ2n) is 4.30. The van der Waals surface area contributed by atoms with Crippen molar-refractivity contribution in [1.82, 2.24) is 9.71 Å². The number of rotatable bonds is 6. The Hall–Kier alpha value is -1.96. The average molecular weight is 341 g/mol. The summed E-state index contributed by atoms with van der Waals surface area (Å²) in [4.78, 5) is 15.1. The molecule has 0 saturated heterocycles. The minimum atomic E-state index is -4.06. The molecule has 6 nitrogen and oxygen atoms in total. The third-order valence-corrected chi connectivity index (χ3v) is 4.43. The summed E-state index contributed by atoms with van der Waals surface area (Å²) in [5, 5.41) is -0.201. The number of sulfonamides is 1. The molecule has 8 heteroatoms. The lowest BCUT2D eigenvalue weighted by Crippen LogP contribution is -2.33. The molecule has 0 radical (unpaired) electrons. The molecule has 1 aromatic carbocycles. The third-order valence-electron chi connectivity index (χ3n) is 2.61. The van der Waals surface area contributed by atoms with E-state index in [0.717, 1.165) is 5.56 Å². The molecule has 1 aromatic heterocycles. The van der Waals surface area contributed by atoms with Gasteiger partial charge in [-0.25, -0.2) is 18.1 Å². The van der Waals surface area contributed by atoms with Crippen molar-refractivity contribution >= 4 is 27.5 Å². The summed E-state index contributed by atoms with van der Waals surface area (Å²) in [6.45, 7) is -0.173. The Labute approximate surface area is 133 Å². The number of amides is 1. The minimum absolute atomic E-state index is 0.201. The molecular weight excluding hydrogens is 328 g/mol. The van der Waals surface area contributed by atoms with Gasteiger partial charge in [0.15, 0.2) is 0 Å². The number of aromatic nitrogens is 1. The number of carbonyl (C=O) groups excluding carboxylic acids is 1. The van der Waals surface area contributed by atoms with Crippen LogP contribution in [0.3, 0.4) is 0 Å². The van der Waals surface area contributed by atoms with E-state index in [-0.39, 0.29) is 23.3 Å². The SMILES string of the molecule is O=C(COCc1ccccc1)NS(=O)(=O)c1cccnc1Cl. The third kappa shape index (κ3) is 4.52. The fourth-order valence-corrected chi connectivity index (χ4v) is 3.07. The molecule has 2 aromatic rings. The molecule has 0 atom stereocenters. The average Bonchev–Trinajstić information content (AvgIpc) is 2.48. The van der Waals surface area contributed by atoms with Crippen LogP contribution in [0.5, 0.6) is 0 Å². The number of benzene rings is 1. The maximum Gasteiger partial charge on any atom is 0.267 e. The van der Waals surface area contributed by atoms with E-state index in [1.54, 1.807) is 0 Å². The summed E-state index contributed by atoms with van der Waals surface area (Å²) in [6.07, 6.45) is 1.35. The normalized spacial score (nSPS) is 11.1. The first-order valence-corrected chi connectivity index (χ1v) is 8.13. The molecule has 0 aliphatic carbocycles. The first kappa shape index (κ1) is 16.4. The number of carbonyl (C=O) groups is 1. The lowest BCUT2D eigenvalue weighted by atomic mass is 10.2. The van der Waals surface area contributed by atoms with E-state index >= 15 is 0 Å². The first-order chi connectivity index (χ1) is 10.5. The van der Waals surface area contributed by atoms with Gasteiger partial charge < -0.3 is 4.74 Å². The smallest absolute Gasteiger partial charge is 0.267 e. The molecule has 1 amide bonds. The molecule has 116 valence electrons. The van der Waals surface area contributed by atoms with Crippen LogP contribution >= 0.6 is 11.6 Å². The topological polar surface area (TPSA) is 85.4 Å². The Morgan fingerprint density at radius 2 is 1.91 bits per heavy atom. The number of hydrogen-bond acceptors (Lipinski definition) is 5. The first-order valence-electron chi connectivity index (χ1n) is 6.27. The maximum atomic E-state index is 12.0. The van der Waals surface area contributed by atoms with Gasteiger partial charge in [0.05, 0.1) is 6.61 Å². The fraction of sp³-hybridized carbons (Fsp3) is 0.143. The number of hydrogen-bond donors (Lipinski definition) is 1. The Kier molecular flexibility index (Phi) is 5.48. The number of pyridine rings is 1. The molecule has 0 spiro atoms. The van der Waals surface area contributed by atoms with Gasteiger partial charge in [-0.3, -0.25) is 4.79 Å². The Balaban J connectivity index is 1.90. The molecule has 0 unspecified atom stereocenters. The van der Waals surface area contributed by atoms with Crippen LogP contribution in [-0.2, 0) is 26.2 Å². The zero-order valence-electron chi connectivity index (χ0n) is 11.4. The van der Waals surface area contributed by atoms with Crippen LogP contribution < -0.4 is 4.72 Å². The van der Waals surface area contributed by atoms with Crippen molar-refractivity contribution in [2.24, 2.45) is 0 Å². The summed E-state index contributed by atoms with van der Waals surface area (Å²) >= 11 is 5.70. The summed E-state index contributed by atoms with van der Waals surface area (Å²) in [6, 6.07) is 11.9. The summed E-state index contributed by atoms with van der Waals surface area (Å²) in [5.74, 6) is -0.782. The van der Waals surface area contributed by atoms with E-state index in [1.807, 2.05) is 35.1 Å². The van der Waals surface area contributed by atoms with Gasteiger partial charge in [-0.1, -0.05) is 41.9 Å². The second kappa shape index (κ2) is 7.35. The van der Waals surface area contributed by atoms with Crippen molar-refractivity contribution in [2.45, 2.75) is 11.5 Å². The summed E-state index contributed by atoms with van der Waals surface area (Å²) in [7, 11) is -4.06. The molecule has 0 saturated carbocycles. The van der Waals surface area contributed by atoms with E-state index in [1.165, 1.54) is 18.3 Å². The zero-order chi connectivity index (χ0) is 16.0. The molecule has 1 heterocycles. The number of nitrogens with one attached hydrogen (secondary N) is 1. The highest BCUT2D eigenvalue weighted by Crippen LogP contribution is 2.17. The quantitative estimate of drug-likeness (QED) is 0.810. The van der Waals surface area contributed by atoms with Crippen molar-refractivity contribution in [1.29, 1.82) is 0 Å². The highest BCUT2D eigenvalue weighted by molar-refractivity contribution is 7.90. The maximum absolute atomic E-state index is 12.0. The van der Waals surface area contributed by atoms with Gasteiger partial charge in [-0.15, -0.1) is 0 Å². The molecule has 2 rings (SSSR count). The van der Waals surface area contributed by atoms with Crippen LogP contribution in [0.4, 0.5) is 0 Å². The molecule has 1 N–H and O–H groups in total. The van der Waals surface area contributed by atoms with Crippen molar-refractivity contribution in [3.8, 4) is 0 Å². The molecule has 0 aliphatic heterocycles. The molecule has 0 fully saturated rings. The lowest BCUT2D eigenvalue weighted by Gasteiger charge is -2.08.